The van der Waals surface area contributed by atoms with Crippen molar-refractivity contribution in [2.45, 2.75) is 32.2 Å². The fourth-order valence-electron chi connectivity index (χ4n) is 4.55. The van der Waals surface area contributed by atoms with Gasteiger partial charge in [0, 0.05) is 25.7 Å². The van der Waals surface area contributed by atoms with Crippen LogP contribution in [0.4, 0.5) is 0 Å². The van der Waals surface area contributed by atoms with E-state index in [4.69, 9.17) is 0 Å². The van der Waals surface area contributed by atoms with Gasteiger partial charge in [0.2, 0.25) is 0 Å². The van der Waals surface area contributed by atoms with Crippen LogP contribution in [0.3, 0.4) is 0 Å². The van der Waals surface area contributed by atoms with Crippen LogP contribution < -0.4 is 10.6 Å². The molecule has 4 unspecified atom stereocenters. The summed E-state index contributed by atoms with van der Waals surface area (Å²) < 4.78 is 0. The first-order valence-corrected chi connectivity index (χ1v) is 6.96. The summed E-state index contributed by atoms with van der Waals surface area (Å²) >= 11 is 0. The second kappa shape index (κ2) is 3.33. The molecule has 0 aromatic carbocycles. The minimum Gasteiger partial charge on any atom is -0.310 e. The van der Waals surface area contributed by atoms with Crippen molar-refractivity contribution in [1.82, 2.24) is 10.6 Å². The number of fused-ring (bicyclic) bond motifs is 5. The van der Waals surface area contributed by atoms with Gasteiger partial charge in [-0.25, -0.2) is 0 Å². The summed E-state index contributed by atoms with van der Waals surface area (Å²) in [6, 6.07) is 0.898. The molecule has 1 aliphatic heterocycles. The Morgan fingerprint density at radius 3 is 2.50 bits per heavy atom. The van der Waals surface area contributed by atoms with E-state index in [1.165, 1.54) is 12.8 Å². The number of rotatable bonds is 3. The predicted molar refractivity (Wildman–Crippen MR) is 65.2 cm³/mol. The zero-order chi connectivity index (χ0) is 10.7. The van der Waals surface area contributed by atoms with Crippen LogP contribution in [-0.4, -0.2) is 25.7 Å². The molecule has 0 aromatic heterocycles. The van der Waals surface area contributed by atoms with Crippen LogP contribution in [0.15, 0.2) is 11.1 Å². The second-order valence-electron chi connectivity index (χ2n) is 6.38. The minimum absolute atomic E-state index is 0.898. The number of hydrogen-bond donors (Lipinski definition) is 2. The van der Waals surface area contributed by atoms with Gasteiger partial charge in [0.15, 0.2) is 0 Å². The Bertz CT molecular complexity index is 325. The van der Waals surface area contributed by atoms with Crippen molar-refractivity contribution in [3.05, 3.63) is 11.1 Å². The van der Waals surface area contributed by atoms with Gasteiger partial charge in [0.05, 0.1) is 0 Å². The predicted octanol–water partition coefficient (Wildman–Crippen LogP) is 1.54. The van der Waals surface area contributed by atoms with E-state index in [0.29, 0.717) is 0 Å². The summed E-state index contributed by atoms with van der Waals surface area (Å²) in [6.07, 6.45) is 4.64. The first-order chi connectivity index (χ1) is 7.84. The molecule has 0 aromatic rings. The Morgan fingerprint density at radius 1 is 1.25 bits per heavy atom. The van der Waals surface area contributed by atoms with Gasteiger partial charge in [-0.2, -0.15) is 0 Å². The SMILES string of the molecule is CC(CNC1C2C3CCC(C3)C12)=C1CNC1. The van der Waals surface area contributed by atoms with E-state index in [-0.39, 0.29) is 0 Å². The van der Waals surface area contributed by atoms with Crippen LogP contribution >= 0.6 is 0 Å². The summed E-state index contributed by atoms with van der Waals surface area (Å²) in [6.45, 7) is 5.72. The summed E-state index contributed by atoms with van der Waals surface area (Å²) in [7, 11) is 0. The van der Waals surface area contributed by atoms with Crippen LogP contribution in [0.2, 0.25) is 0 Å². The highest BCUT2D eigenvalue weighted by molar-refractivity contribution is 5.24. The van der Waals surface area contributed by atoms with Crippen molar-refractivity contribution in [1.29, 1.82) is 0 Å². The Hall–Kier alpha value is -0.340. The molecular formula is C14H22N2. The largest absolute Gasteiger partial charge is 0.310 e. The lowest BCUT2D eigenvalue weighted by atomic mass is 10.0. The van der Waals surface area contributed by atoms with Gasteiger partial charge < -0.3 is 10.6 Å². The average molecular weight is 218 g/mol. The maximum Gasteiger partial charge on any atom is 0.0183 e. The highest BCUT2D eigenvalue weighted by atomic mass is 15.0. The van der Waals surface area contributed by atoms with Gasteiger partial charge >= 0.3 is 0 Å². The molecule has 4 fully saturated rings. The molecule has 1 heterocycles. The molecule has 2 nitrogen and oxygen atoms in total. The molecular weight excluding hydrogens is 196 g/mol. The summed E-state index contributed by atoms with van der Waals surface area (Å²) in [4.78, 5) is 0. The molecule has 16 heavy (non-hydrogen) atoms. The van der Waals surface area contributed by atoms with E-state index in [1.54, 1.807) is 17.6 Å². The summed E-state index contributed by atoms with van der Waals surface area (Å²) in [5, 5.41) is 7.15. The second-order valence-corrected chi connectivity index (χ2v) is 6.38. The molecule has 1 saturated heterocycles. The minimum atomic E-state index is 0.898. The molecule has 2 bridgehead atoms. The Labute approximate surface area is 97.9 Å². The first-order valence-electron chi connectivity index (χ1n) is 6.96. The van der Waals surface area contributed by atoms with Gasteiger partial charge in [-0.1, -0.05) is 5.57 Å². The highest BCUT2D eigenvalue weighted by Gasteiger charge is 2.64. The summed E-state index contributed by atoms with van der Waals surface area (Å²) in [5.41, 5.74) is 3.23. The van der Waals surface area contributed by atoms with Crippen molar-refractivity contribution in [2.75, 3.05) is 19.6 Å². The van der Waals surface area contributed by atoms with Gasteiger partial charge in [-0.15, -0.1) is 0 Å². The lowest BCUT2D eigenvalue weighted by molar-refractivity contribution is 0.456. The zero-order valence-electron chi connectivity index (χ0n) is 10.1. The molecule has 4 aliphatic rings. The van der Waals surface area contributed by atoms with E-state index in [9.17, 15) is 0 Å². The maximum absolute atomic E-state index is 3.82. The molecule has 0 amide bonds. The molecule has 3 aliphatic carbocycles. The van der Waals surface area contributed by atoms with Crippen molar-refractivity contribution >= 4 is 0 Å². The topological polar surface area (TPSA) is 24.1 Å². The monoisotopic (exact) mass is 218 g/mol. The third-order valence-corrected chi connectivity index (χ3v) is 5.62. The van der Waals surface area contributed by atoms with Crippen molar-refractivity contribution in [3.8, 4) is 0 Å². The van der Waals surface area contributed by atoms with Crippen molar-refractivity contribution in [2.24, 2.45) is 23.7 Å². The maximum atomic E-state index is 3.82. The highest BCUT2D eigenvalue weighted by Crippen LogP contribution is 2.65. The quantitative estimate of drug-likeness (QED) is 0.702. The van der Waals surface area contributed by atoms with E-state index < -0.39 is 0 Å². The molecule has 2 heteroatoms. The normalized spacial score (nSPS) is 47.8. The molecule has 4 atom stereocenters. The third-order valence-electron chi connectivity index (χ3n) is 5.62. The molecule has 4 rings (SSSR count). The first kappa shape index (κ1) is 9.67. The van der Waals surface area contributed by atoms with Crippen molar-refractivity contribution in [3.63, 3.8) is 0 Å². The van der Waals surface area contributed by atoms with Crippen molar-refractivity contribution < 1.29 is 0 Å². The van der Waals surface area contributed by atoms with Gasteiger partial charge in [0.25, 0.3) is 0 Å². The molecule has 3 saturated carbocycles. The standard InChI is InChI=1S/C14H22N2/c1-8(11-6-15-7-11)5-16-14-12-9-2-3-10(4-9)13(12)14/h9-10,12-16H,2-7H2,1H3. The Kier molecular flexibility index (Phi) is 2.01. The van der Waals surface area contributed by atoms with Crippen LogP contribution in [0, 0.1) is 23.7 Å². The lowest BCUT2D eigenvalue weighted by Crippen LogP contribution is -2.36. The van der Waals surface area contributed by atoms with Crippen LogP contribution in [-0.2, 0) is 0 Å². The van der Waals surface area contributed by atoms with Gasteiger partial charge in [-0.3, -0.25) is 0 Å². The number of hydrogen-bond acceptors (Lipinski definition) is 2. The molecule has 2 N–H and O–H groups in total. The van der Waals surface area contributed by atoms with Crippen LogP contribution in [0.5, 0.6) is 0 Å². The van der Waals surface area contributed by atoms with E-state index in [1.807, 2.05) is 0 Å². The fourth-order valence-corrected chi connectivity index (χ4v) is 4.55. The summed E-state index contributed by atoms with van der Waals surface area (Å²) in [5.74, 6) is 4.36. The van der Waals surface area contributed by atoms with Gasteiger partial charge in [-0.05, 0) is 55.4 Å². The average Bonchev–Trinajstić information content (AvgIpc) is 2.61. The Balaban J connectivity index is 1.34. The van der Waals surface area contributed by atoms with Gasteiger partial charge in [0.1, 0.15) is 0 Å². The Morgan fingerprint density at radius 2 is 1.94 bits per heavy atom. The van der Waals surface area contributed by atoms with E-state index in [0.717, 1.165) is 49.3 Å². The van der Waals surface area contributed by atoms with Crippen LogP contribution in [0.25, 0.3) is 0 Å². The zero-order valence-corrected chi connectivity index (χ0v) is 10.1. The van der Waals surface area contributed by atoms with Crippen LogP contribution in [0.1, 0.15) is 26.2 Å². The third kappa shape index (κ3) is 1.26. The smallest absolute Gasteiger partial charge is 0.0183 e. The van der Waals surface area contributed by atoms with E-state index >= 15 is 0 Å². The fraction of sp³-hybridized carbons (Fsp3) is 0.857. The number of nitrogens with one attached hydrogen (secondary N) is 2. The van der Waals surface area contributed by atoms with E-state index in [2.05, 4.69) is 17.6 Å². The molecule has 0 radical (unpaired) electrons. The molecule has 0 spiro atoms. The lowest BCUT2D eigenvalue weighted by Gasteiger charge is -2.22. The molecule has 88 valence electrons.